The van der Waals surface area contributed by atoms with Gasteiger partial charge in [0.05, 0.1) is 0 Å². The van der Waals surface area contributed by atoms with Gasteiger partial charge in [0.2, 0.25) is 0 Å². The first-order valence-electron chi connectivity index (χ1n) is 5.32. The van der Waals surface area contributed by atoms with E-state index in [1.165, 1.54) is 10.4 Å². The SMILES string of the molecule is Cc1ccsc1[C@H](C)N[C@@H](C)C(C)C. The van der Waals surface area contributed by atoms with Gasteiger partial charge in [0, 0.05) is 17.0 Å². The fourth-order valence-corrected chi connectivity index (χ4v) is 2.44. The number of hydrogen-bond donors (Lipinski definition) is 1. The molecule has 0 spiro atoms. The molecule has 0 aliphatic carbocycles. The molecule has 0 aromatic carbocycles. The lowest BCUT2D eigenvalue weighted by atomic mass is 10.0. The summed E-state index contributed by atoms with van der Waals surface area (Å²) in [5.74, 6) is 0.692. The van der Waals surface area contributed by atoms with Gasteiger partial charge in [-0.15, -0.1) is 11.3 Å². The van der Waals surface area contributed by atoms with Crippen LogP contribution < -0.4 is 5.32 Å². The maximum atomic E-state index is 3.63. The van der Waals surface area contributed by atoms with Crippen molar-refractivity contribution in [3.8, 4) is 0 Å². The van der Waals surface area contributed by atoms with Crippen molar-refractivity contribution in [2.45, 2.75) is 46.7 Å². The van der Waals surface area contributed by atoms with E-state index in [1.807, 2.05) is 11.3 Å². The zero-order chi connectivity index (χ0) is 10.7. The van der Waals surface area contributed by atoms with Crippen LogP contribution in [0.3, 0.4) is 0 Å². The Bertz CT molecular complexity index is 278. The number of hydrogen-bond acceptors (Lipinski definition) is 2. The summed E-state index contributed by atoms with van der Waals surface area (Å²) in [6.45, 7) is 11.2. The van der Waals surface area contributed by atoms with Gasteiger partial charge in [-0.25, -0.2) is 0 Å². The molecule has 1 N–H and O–H groups in total. The van der Waals surface area contributed by atoms with Crippen molar-refractivity contribution < 1.29 is 0 Å². The molecule has 1 aromatic heterocycles. The molecule has 1 nitrogen and oxygen atoms in total. The lowest BCUT2D eigenvalue weighted by Gasteiger charge is -2.22. The molecule has 0 aliphatic heterocycles. The molecule has 0 saturated carbocycles. The van der Waals surface area contributed by atoms with Gasteiger partial charge in [-0.05, 0) is 43.7 Å². The Kier molecular flexibility index (Phi) is 4.14. The molecule has 0 unspecified atom stereocenters. The van der Waals surface area contributed by atoms with E-state index in [1.54, 1.807) is 0 Å². The fraction of sp³-hybridized carbons (Fsp3) is 0.667. The molecule has 0 amide bonds. The first kappa shape index (κ1) is 11.7. The van der Waals surface area contributed by atoms with Crippen LogP contribution in [0.2, 0.25) is 0 Å². The largest absolute Gasteiger partial charge is 0.307 e. The maximum Gasteiger partial charge on any atom is 0.0390 e. The monoisotopic (exact) mass is 211 g/mol. The van der Waals surface area contributed by atoms with E-state index in [0.717, 1.165) is 0 Å². The van der Waals surface area contributed by atoms with Gasteiger partial charge < -0.3 is 5.32 Å². The fourth-order valence-electron chi connectivity index (χ4n) is 1.49. The highest BCUT2D eigenvalue weighted by molar-refractivity contribution is 7.10. The summed E-state index contributed by atoms with van der Waals surface area (Å²) in [5.41, 5.74) is 1.41. The standard InChI is InChI=1S/C12H21NS/c1-8(2)10(4)13-11(5)12-9(3)6-7-14-12/h6-8,10-11,13H,1-5H3/t10-,11-/m0/s1. The van der Waals surface area contributed by atoms with Crippen molar-refractivity contribution in [1.29, 1.82) is 0 Å². The summed E-state index contributed by atoms with van der Waals surface area (Å²) < 4.78 is 0. The molecule has 0 aliphatic rings. The minimum absolute atomic E-state index is 0.479. The number of nitrogens with one attached hydrogen (secondary N) is 1. The first-order chi connectivity index (χ1) is 6.52. The van der Waals surface area contributed by atoms with Crippen molar-refractivity contribution in [1.82, 2.24) is 5.32 Å². The normalized spacial score (nSPS) is 15.9. The third-order valence-electron chi connectivity index (χ3n) is 2.81. The number of aryl methyl sites for hydroxylation is 1. The molecule has 2 heteroatoms. The van der Waals surface area contributed by atoms with Gasteiger partial charge >= 0.3 is 0 Å². The Morgan fingerprint density at radius 3 is 2.29 bits per heavy atom. The summed E-state index contributed by atoms with van der Waals surface area (Å²) in [6, 6.07) is 3.25. The van der Waals surface area contributed by atoms with E-state index >= 15 is 0 Å². The molecule has 1 heterocycles. The van der Waals surface area contributed by atoms with Crippen LogP contribution in [-0.4, -0.2) is 6.04 Å². The predicted octanol–water partition coefficient (Wildman–Crippen LogP) is 3.75. The quantitative estimate of drug-likeness (QED) is 0.799. The third kappa shape index (κ3) is 2.82. The van der Waals surface area contributed by atoms with E-state index in [9.17, 15) is 0 Å². The van der Waals surface area contributed by atoms with Crippen molar-refractivity contribution in [2.75, 3.05) is 0 Å². The Morgan fingerprint density at radius 1 is 1.21 bits per heavy atom. The summed E-state index contributed by atoms with van der Waals surface area (Å²) in [6.07, 6.45) is 0. The van der Waals surface area contributed by atoms with E-state index in [2.05, 4.69) is 51.4 Å². The molecule has 80 valence electrons. The average molecular weight is 211 g/mol. The molecule has 1 rings (SSSR count). The second-order valence-corrected chi connectivity index (χ2v) is 5.34. The summed E-state index contributed by atoms with van der Waals surface area (Å²) >= 11 is 1.85. The Labute approximate surface area is 91.5 Å². The van der Waals surface area contributed by atoms with Crippen molar-refractivity contribution in [2.24, 2.45) is 5.92 Å². The van der Waals surface area contributed by atoms with Crippen LogP contribution in [0.5, 0.6) is 0 Å². The van der Waals surface area contributed by atoms with Crippen LogP contribution in [0.15, 0.2) is 11.4 Å². The Balaban J connectivity index is 2.59. The first-order valence-corrected chi connectivity index (χ1v) is 6.20. The van der Waals surface area contributed by atoms with E-state index in [0.29, 0.717) is 18.0 Å². The van der Waals surface area contributed by atoms with Gasteiger partial charge in [0.15, 0.2) is 0 Å². The lowest BCUT2D eigenvalue weighted by molar-refractivity contribution is 0.391. The highest BCUT2D eigenvalue weighted by Gasteiger charge is 2.14. The topological polar surface area (TPSA) is 12.0 Å². The van der Waals surface area contributed by atoms with Crippen molar-refractivity contribution in [3.63, 3.8) is 0 Å². The van der Waals surface area contributed by atoms with E-state index < -0.39 is 0 Å². The van der Waals surface area contributed by atoms with Crippen LogP contribution >= 0.6 is 11.3 Å². The summed E-state index contributed by atoms with van der Waals surface area (Å²) in [5, 5.41) is 5.80. The molecule has 0 radical (unpaired) electrons. The van der Waals surface area contributed by atoms with E-state index in [-0.39, 0.29) is 0 Å². The molecular formula is C12H21NS. The van der Waals surface area contributed by atoms with Crippen molar-refractivity contribution in [3.05, 3.63) is 21.9 Å². The van der Waals surface area contributed by atoms with Crippen LogP contribution in [0.4, 0.5) is 0 Å². The predicted molar refractivity (Wildman–Crippen MR) is 64.9 cm³/mol. The lowest BCUT2D eigenvalue weighted by Crippen LogP contribution is -2.32. The minimum atomic E-state index is 0.479. The minimum Gasteiger partial charge on any atom is -0.307 e. The van der Waals surface area contributed by atoms with Gasteiger partial charge in [-0.2, -0.15) is 0 Å². The van der Waals surface area contributed by atoms with Gasteiger partial charge in [-0.3, -0.25) is 0 Å². The number of rotatable bonds is 4. The van der Waals surface area contributed by atoms with Crippen molar-refractivity contribution >= 4 is 11.3 Å². The molecule has 0 bridgehead atoms. The second kappa shape index (κ2) is 4.94. The van der Waals surface area contributed by atoms with Gasteiger partial charge in [0.1, 0.15) is 0 Å². The van der Waals surface area contributed by atoms with Crippen LogP contribution in [0.1, 0.15) is 44.2 Å². The van der Waals surface area contributed by atoms with Crippen LogP contribution in [0.25, 0.3) is 0 Å². The van der Waals surface area contributed by atoms with Crippen LogP contribution in [0, 0.1) is 12.8 Å². The zero-order valence-electron chi connectivity index (χ0n) is 9.79. The molecular weight excluding hydrogens is 190 g/mol. The summed E-state index contributed by atoms with van der Waals surface area (Å²) in [7, 11) is 0. The Morgan fingerprint density at radius 2 is 1.86 bits per heavy atom. The second-order valence-electron chi connectivity index (χ2n) is 4.39. The third-order valence-corrected chi connectivity index (χ3v) is 4.01. The molecule has 0 saturated heterocycles. The van der Waals surface area contributed by atoms with E-state index in [4.69, 9.17) is 0 Å². The maximum absolute atomic E-state index is 3.63. The van der Waals surface area contributed by atoms with Gasteiger partial charge in [0.25, 0.3) is 0 Å². The highest BCUT2D eigenvalue weighted by atomic mass is 32.1. The molecule has 14 heavy (non-hydrogen) atoms. The molecule has 2 atom stereocenters. The molecule has 0 fully saturated rings. The summed E-state index contributed by atoms with van der Waals surface area (Å²) in [4.78, 5) is 1.47. The van der Waals surface area contributed by atoms with Gasteiger partial charge in [-0.1, -0.05) is 13.8 Å². The smallest absolute Gasteiger partial charge is 0.0390 e. The van der Waals surface area contributed by atoms with Crippen LogP contribution in [-0.2, 0) is 0 Å². The number of thiophene rings is 1. The Hall–Kier alpha value is -0.340. The highest BCUT2D eigenvalue weighted by Crippen LogP contribution is 2.24. The zero-order valence-corrected chi connectivity index (χ0v) is 10.6. The average Bonchev–Trinajstić information content (AvgIpc) is 2.51. The molecule has 1 aromatic rings.